The third kappa shape index (κ3) is 8.66. The number of likely N-dealkylation sites (tertiary alicyclic amines) is 1. The van der Waals surface area contributed by atoms with Gasteiger partial charge in [-0.3, -0.25) is 4.79 Å². The van der Waals surface area contributed by atoms with E-state index in [2.05, 4.69) is 47.0 Å². The Kier molecular flexibility index (Phi) is 12.1. The number of carbonyl (C=O) groups excluding carboxylic acids is 1. The molecule has 228 valence electrons. The number of anilines is 2. The first-order valence-corrected chi connectivity index (χ1v) is 14.4. The molecule has 2 heterocycles. The molecule has 7 nitrogen and oxygen atoms in total. The van der Waals surface area contributed by atoms with E-state index < -0.39 is 12.7 Å². The molecular formula is C32H42F3N5O2. The molecule has 4 N–H and O–H groups in total. The zero-order chi connectivity index (χ0) is 30.7. The number of aromatic nitrogens is 1. The molecule has 0 spiro atoms. The lowest BCUT2D eigenvalue weighted by atomic mass is 10.0. The number of nitrogens with zero attached hydrogens (tertiary/aromatic N) is 2. The molecule has 0 aliphatic carbocycles. The van der Waals surface area contributed by atoms with Crippen LogP contribution in [-0.4, -0.2) is 67.8 Å². The van der Waals surface area contributed by atoms with Gasteiger partial charge in [-0.2, -0.15) is 13.2 Å². The van der Waals surface area contributed by atoms with Gasteiger partial charge < -0.3 is 30.6 Å². The summed E-state index contributed by atoms with van der Waals surface area (Å²) in [5.41, 5.74) is 7.25. The van der Waals surface area contributed by atoms with Crippen LogP contribution in [0.15, 0.2) is 42.5 Å². The molecule has 42 heavy (non-hydrogen) atoms. The lowest BCUT2D eigenvalue weighted by Gasteiger charge is -2.36. The van der Waals surface area contributed by atoms with Crippen LogP contribution in [0.1, 0.15) is 55.6 Å². The van der Waals surface area contributed by atoms with E-state index in [9.17, 15) is 18.0 Å². The fourth-order valence-corrected chi connectivity index (χ4v) is 5.37. The van der Waals surface area contributed by atoms with Crippen molar-refractivity contribution < 1.29 is 22.7 Å². The Bertz CT molecular complexity index is 1370. The van der Waals surface area contributed by atoms with Gasteiger partial charge in [-0.1, -0.05) is 25.3 Å². The van der Waals surface area contributed by atoms with Crippen LogP contribution in [0.2, 0.25) is 0 Å². The first-order chi connectivity index (χ1) is 20.2. The molecule has 0 amide bonds. The minimum atomic E-state index is -4.39. The van der Waals surface area contributed by atoms with Crippen LogP contribution < -0.4 is 21.1 Å². The van der Waals surface area contributed by atoms with Gasteiger partial charge in [0.25, 0.3) is 0 Å². The Morgan fingerprint density at radius 1 is 1.14 bits per heavy atom. The average molecular weight is 586 g/mol. The normalized spacial score (nSPS) is 14.8. The maximum absolute atomic E-state index is 13.6. The Balaban J connectivity index is 0.00000237. The van der Waals surface area contributed by atoms with Crippen molar-refractivity contribution >= 4 is 28.6 Å². The maximum atomic E-state index is 13.6. The lowest BCUT2D eigenvalue weighted by Crippen LogP contribution is -2.43. The quantitative estimate of drug-likeness (QED) is 0.196. The number of methoxy groups -OCH3 is 1. The zero-order valence-corrected chi connectivity index (χ0v) is 24.9. The molecule has 4 rings (SSSR count). The van der Waals surface area contributed by atoms with E-state index >= 15 is 0 Å². The number of ether oxygens (including phenoxy) is 1. The van der Waals surface area contributed by atoms with E-state index in [-0.39, 0.29) is 12.6 Å². The van der Waals surface area contributed by atoms with E-state index in [0.717, 1.165) is 43.3 Å². The van der Waals surface area contributed by atoms with Crippen LogP contribution in [0, 0.1) is 11.8 Å². The predicted octanol–water partition coefficient (Wildman–Crippen LogP) is 6.13. The van der Waals surface area contributed by atoms with Crippen LogP contribution in [0.5, 0.6) is 5.75 Å². The van der Waals surface area contributed by atoms with Crippen LogP contribution in [0.25, 0.3) is 10.9 Å². The fraction of sp³-hybridized carbons (Fsp3) is 0.469. The highest BCUT2D eigenvalue weighted by molar-refractivity contribution is 5.94. The number of piperidine rings is 1. The number of nitrogens with one attached hydrogen (secondary N) is 2. The summed E-state index contributed by atoms with van der Waals surface area (Å²) in [6.45, 7) is 5.57. The first kappa shape index (κ1) is 32.8. The topological polar surface area (TPSA) is 84.5 Å². The third-order valence-electron chi connectivity index (χ3n) is 7.45. The molecule has 1 fully saturated rings. The van der Waals surface area contributed by atoms with Gasteiger partial charge in [0.15, 0.2) is 0 Å². The lowest BCUT2D eigenvalue weighted by molar-refractivity contribution is -0.140. The number of carbonyl (C=O) groups is 1. The number of halogens is 3. The van der Waals surface area contributed by atoms with E-state index in [4.69, 9.17) is 4.74 Å². The van der Waals surface area contributed by atoms with Gasteiger partial charge in [-0.25, -0.2) is 0 Å². The number of benzene rings is 2. The maximum Gasteiger partial charge on any atom is 0.406 e. The van der Waals surface area contributed by atoms with Gasteiger partial charge in [0.2, 0.25) is 0 Å². The van der Waals surface area contributed by atoms with E-state index in [1.54, 1.807) is 36.4 Å². The summed E-state index contributed by atoms with van der Waals surface area (Å²) in [6.07, 6.45) is 0.668. The zero-order valence-electron chi connectivity index (χ0n) is 24.9. The molecule has 10 heteroatoms. The fourth-order valence-electron chi connectivity index (χ4n) is 5.37. The molecule has 1 aromatic heterocycles. The van der Waals surface area contributed by atoms with Crippen LogP contribution in [0.3, 0.4) is 0 Å². The monoisotopic (exact) mass is 585 g/mol. The second-order valence-corrected chi connectivity index (χ2v) is 10.3. The third-order valence-corrected chi connectivity index (χ3v) is 7.45. The van der Waals surface area contributed by atoms with Crippen molar-refractivity contribution in [3.8, 4) is 17.6 Å². The van der Waals surface area contributed by atoms with E-state index in [1.165, 1.54) is 31.6 Å². The average Bonchev–Trinajstić information content (AvgIpc) is 3.33. The molecule has 2 aromatic carbocycles. The summed E-state index contributed by atoms with van der Waals surface area (Å²) in [6, 6.07) is 13.0. The SMILES string of the molecule is CCCC(C)N1CCC(Nc2cccc3c2cc(C#CCNc2ccc(C=O)cc2OC)n3CC(F)(F)F)CC1.CN. The first-order valence-electron chi connectivity index (χ1n) is 14.4. The Labute approximate surface area is 246 Å². The van der Waals surface area contributed by atoms with Crippen molar-refractivity contribution in [3.05, 3.63) is 53.7 Å². The number of aldehydes is 1. The molecule has 0 bridgehead atoms. The second-order valence-electron chi connectivity index (χ2n) is 10.3. The minimum Gasteiger partial charge on any atom is -0.495 e. The summed E-state index contributed by atoms with van der Waals surface area (Å²) in [5, 5.41) is 7.45. The summed E-state index contributed by atoms with van der Waals surface area (Å²) in [7, 11) is 3.00. The van der Waals surface area contributed by atoms with Crippen molar-refractivity contribution in [2.45, 2.75) is 64.3 Å². The van der Waals surface area contributed by atoms with Gasteiger partial charge in [0, 0.05) is 41.8 Å². The minimum absolute atomic E-state index is 0.185. The molecular weight excluding hydrogens is 543 g/mol. The molecule has 1 aliphatic heterocycles. The van der Waals surface area contributed by atoms with Gasteiger partial charge >= 0.3 is 6.18 Å². The Hall–Kier alpha value is -3.68. The van der Waals surface area contributed by atoms with Gasteiger partial charge in [-0.15, -0.1) is 0 Å². The number of hydrogen-bond acceptors (Lipinski definition) is 6. The molecule has 1 saturated heterocycles. The molecule has 1 unspecified atom stereocenters. The predicted molar refractivity (Wildman–Crippen MR) is 164 cm³/mol. The van der Waals surface area contributed by atoms with Crippen LogP contribution in [-0.2, 0) is 6.54 Å². The van der Waals surface area contributed by atoms with Crippen LogP contribution >= 0.6 is 0 Å². The van der Waals surface area contributed by atoms with Gasteiger partial charge in [-0.05, 0) is 75.6 Å². The number of fused-ring (bicyclic) bond motifs is 1. The van der Waals surface area contributed by atoms with Crippen molar-refractivity contribution in [1.29, 1.82) is 0 Å². The van der Waals surface area contributed by atoms with Gasteiger partial charge in [0.05, 0.1) is 30.6 Å². The summed E-state index contributed by atoms with van der Waals surface area (Å²) in [5.74, 6) is 6.36. The van der Waals surface area contributed by atoms with Crippen molar-refractivity contribution in [2.75, 3.05) is 44.4 Å². The summed E-state index contributed by atoms with van der Waals surface area (Å²) < 4.78 is 47.3. The van der Waals surface area contributed by atoms with Crippen molar-refractivity contribution in [1.82, 2.24) is 9.47 Å². The summed E-state index contributed by atoms with van der Waals surface area (Å²) in [4.78, 5) is 13.5. The molecule has 3 aromatic rings. The summed E-state index contributed by atoms with van der Waals surface area (Å²) >= 11 is 0. The molecule has 0 radical (unpaired) electrons. The Morgan fingerprint density at radius 3 is 2.52 bits per heavy atom. The van der Waals surface area contributed by atoms with E-state index in [1.807, 2.05) is 6.07 Å². The highest BCUT2D eigenvalue weighted by Gasteiger charge is 2.30. The molecule has 1 aliphatic rings. The highest BCUT2D eigenvalue weighted by Crippen LogP contribution is 2.31. The molecule has 1 atom stereocenters. The standard InChI is InChI=1S/C31H37F3N4O2.CH5N/c1-4-7-22(2)37-16-13-24(14-17-37)36-27-9-5-10-29-26(27)19-25(38(29)21-31(32,33)34)8-6-15-35-28-12-11-23(20-39)18-30(28)40-3;1-2/h5,9-12,18-20,22,24,35-36H,4,7,13-17,21H2,1-3H3;2H2,1H3. The highest BCUT2D eigenvalue weighted by atomic mass is 19.4. The van der Waals surface area contributed by atoms with Crippen molar-refractivity contribution in [3.63, 3.8) is 0 Å². The smallest absolute Gasteiger partial charge is 0.406 e. The molecule has 0 saturated carbocycles. The largest absolute Gasteiger partial charge is 0.495 e. The number of hydrogen-bond donors (Lipinski definition) is 3. The Morgan fingerprint density at radius 2 is 1.88 bits per heavy atom. The van der Waals surface area contributed by atoms with Crippen LogP contribution in [0.4, 0.5) is 24.5 Å². The van der Waals surface area contributed by atoms with Crippen molar-refractivity contribution in [2.24, 2.45) is 5.73 Å². The number of alkyl halides is 3. The number of nitrogens with two attached hydrogens (primary N) is 1. The van der Waals surface area contributed by atoms with Gasteiger partial charge in [0.1, 0.15) is 18.6 Å². The van der Waals surface area contributed by atoms with E-state index in [0.29, 0.717) is 34.3 Å². The number of rotatable bonds is 10. The second kappa shape index (κ2) is 15.5.